The Balaban J connectivity index is 1.34. The highest BCUT2D eigenvalue weighted by molar-refractivity contribution is 7.99. The molecular formula is C13H24N2S. The van der Waals surface area contributed by atoms with Crippen molar-refractivity contribution in [2.24, 2.45) is 11.8 Å². The molecule has 1 aliphatic heterocycles. The fraction of sp³-hybridized carbons (Fsp3) is 1.00. The first kappa shape index (κ1) is 11.4. The van der Waals surface area contributed by atoms with Gasteiger partial charge in [-0.15, -0.1) is 0 Å². The van der Waals surface area contributed by atoms with Crippen LogP contribution in [0.3, 0.4) is 0 Å². The molecule has 1 unspecified atom stereocenters. The van der Waals surface area contributed by atoms with Gasteiger partial charge in [0.15, 0.2) is 0 Å². The maximum atomic E-state index is 3.84. The van der Waals surface area contributed by atoms with E-state index < -0.39 is 0 Å². The van der Waals surface area contributed by atoms with Gasteiger partial charge < -0.3 is 10.6 Å². The Morgan fingerprint density at radius 3 is 2.50 bits per heavy atom. The zero-order valence-corrected chi connectivity index (χ0v) is 10.9. The molecule has 0 amide bonds. The Bertz CT molecular complexity index is 208. The first-order valence-corrected chi connectivity index (χ1v) is 8.13. The molecule has 0 aromatic carbocycles. The Kier molecular flexibility index (Phi) is 3.75. The van der Waals surface area contributed by atoms with Gasteiger partial charge in [-0.1, -0.05) is 0 Å². The quantitative estimate of drug-likeness (QED) is 0.741. The number of hydrogen-bond acceptors (Lipinski definition) is 3. The highest BCUT2D eigenvalue weighted by Crippen LogP contribution is 2.44. The lowest BCUT2D eigenvalue weighted by molar-refractivity contribution is 0.397. The van der Waals surface area contributed by atoms with E-state index in [1.54, 1.807) is 0 Å². The van der Waals surface area contributed by atoms with Gasteiger partial charge in [0.25, 0.3) is 0 Å². The van der Waals surface area contributed by atoms with Crippen molar-refractivity contribution in [3.8, 4) is 0 Å². The van der Waals surface area contributed by atoms with E-state index in [2.05, 4.69) is 22.4 Å². The van der Waals surface area contributed by atoms with Gasteiger partial charge >= 0.3 is 0 Å². The van der Waals surface area contributed by atoms with Crippen LogP contribution in [0.15, 0.2) is 0 Å². The van der Waals surface area contributed by atoms with Crippen LogP contribution in [-0.2, 0) is 0 Å². The summed E-state index contributed by atoms with van der Waals surface area (Å²) in [6.07, 6.45) is 7.29. The van der Waals surface area contributed by atoms with Crippen LogP contribution in [-0.4, -0.2) is 36.7 Å². The lowest BCUT2D eigenvalue weighted by Crippen LogP contribution is -2.41. The fourth-order valence-electron chi connectivity index (χ4n) is 2.86. The van der Waals surface area contributed by atoms with E-state index in [4.69, 9.17) is 0 Å². The van der Waals surface area contributed by atoms with Gasteiger partial charge in [-0.3, -0.25) is 0 Å². The van der Waals surface area contributed by atoms with Crippen molar-refractivity contribution in [1.29, 1.82) is 0 Å². The molecule has 16 heavy (non-hydrogen) atoms. The summed E-state index contributed by atoms with van der Waals surface area (Å²) in [6.45, 7) is 2.44. The van der Waals surface area contributed by atoms with Crippen molar-refractivity contribution in [1.82, 2.24) is 10.6 Å². The van der Waals surface area contributed by atoms with Crippen molar-refractivity contribution in [3.05, 3.63) is 0 Å². The van der Waals surface area contributed by atoms with Crippen LogP contribution in [0.4, 0.5) is 0 Å². The predicted molar refractivity (Wildman–Crippen MR) is 71.0 cm³/mol. The summed E-state index contributed by atoms with van der Waals surface area (Å²) in [7, 11) is 0. The minimum absolute atomic E-state index is 0.769. The molecule has 2 N–H and O–H groups in total. The summed E-state index contributed by atoms with van der Waals surface area (Å²) in [4.78, 5) is 0. The molecule has 0 bridgehead atoms. The molecule has 92 valence electrons. The molecule has 1 atom stereocenters. The molecule has 2 nitrogen and oxygen atoms in total. The molecule has 0 aromatic heterocycles. The first-order chi connectivity index (χ1) is 7.93. The fourth-order valence-corrected chi connectivity index (χ4v) is 3.86. The van der Waals surface area contributed by atoms with Crippen molar-refractivity contribution >= 4 is 11.8 Å². The monoisotopic (exact) mass is 240 g/mol. The van der Waals surface area contributed by atoms with E-state index in [0.717, 1.165) is 23.9 Å². The third-order valence-corrected chi connectivity index (χ3v) is 5.26. The predicted octanol–water partition coefficient (Wildman–Crippen LogP) is 1.86. The molecule has 3 heteroatoms. The Morgan fingerprint density at radius 2 is 1.94 bits per heavy atom. The third kappa shape index (κ3) is 3.14. The molecule has 0 spiro atoms. The molecule has 3 aliphatic rings. The summed E-state index contributed by atoms with van der Waals surface area (Å²) in [5, 5.41) is 7.46. The molecule has 0 aromatic rings. The zero-order valence-electron chi connectivity index (χ0n) is 10.1. The number of nitrogens with one attached hydrogen (secondary N) is 2. The molecule has 0 radical (unpaired) electrons. The molecule has 1 heterocycles. The standard InChI is InChI=1S/C13H24N2S/c1-2-10(1)13(11-3-4-11)15-6-5-12-9-16-8-7-14-12/h10-15H,1-9H2. The van der Waals surface area contributed by atoms with Gasteiger partial charge in [-0.25, -0.2) is 0 Å². The minimum atomic E-state index is 0.769. The van der Waals surface area contributed by atoms with Crippen LogP contribution in [0.2, 0.25) is 0 Å². The Morgan fingerprint density at radius 1 is 1.19 bits per heavy atom. The van der Waals surface area contributed by atoms with Crippen molar-refractivity contribution < 1.29 is 0 Å². The number of thioether (sulfide) groups is 1. The largest absolute Gasteiger partial charge is 0.313 e. The van der Waals surface area contributed by atoms with Crippen LogP contribution in [0.1, 0.15) is 32.1 Å². The van der Waals surface area contributed by atoms with Crippen molar-refractivity contribution in [2.75, 3.05) is 24.6 Å². The van der Waals surface area contributed by atoms with Gasteiger partial charge in [0.2, 0.25) is 0 Å². The van der Waals surface area contributed by atoms with Gasteiger partial charge in [-0.2, -0.15) is 11.8 Å². The van der Waals surface area contributed by atoms with Gasteiger partial charge in [0.1, 0.15) is 0 Å². The van der Waals surface area contributed by atoms with E-state index in [0.29, 0.717) is 0 Å². The van der Waals surface area contributed by atoms with E-state index in [9.17, 15) is 0 Å². The summed E-state index contributed by atoms with van der Waals surface area (Å²) < 4.78 is 0. The average Bonchev–Trinajstić information content (AvgIpc) is 3.17. The summed E-state index contributed by atoms with van der Waals surface area (Å²) in [6, 6.07) is 1.65. The van der Waals surface area contributed by atoms with Crippen LogP contribution < -0.4 is 10.6 Å². The molecular weight excluding hydrogens is 216 g/mol. The van der Waals surface area contributed by atoms with E-state index in [1.165, 1.54) is 56.7 Å². The normalized spacial score (nSPS) is 30.9. The van der Waals surface area contributed by atoms with E-state index >= 15 is 0 Å². The lowest BCUT2D eigenvalue weighted by atomic mass is 10.1. The van der Waals surface area contributed by atoms with Crippen LogP contribution >= 0.6 is 11.8 Å². The van der Waals surface area contributed by atoms with Gasteiger partial charge in [-0.05, 0) is 50.5 Å². The van der Waals surface area contributed by atoms with Crippen LogP contribution in [0.5, 0.6) is 0 Å². The summed E-state index contributed by atoms with van der Waals surface area (Å²) >= 11 is 2.11. The van der Waals surface area contributed by atoms with Crippen LogP contribution in [0, 0.1) is 11.8 Å². The first-order valence-electron chi connectivity index (χ1n) is 6.98. The Hall–Kier alpha value is 0.270. The van der Waals surface area contributed by atoms with Crippen molar-refractivity contribution in [2.45, 2.75) is 44.2 Å². The third-order valence-electron chi connectivity index (χ3n) is 4.13. The zero-order chi connectivity index (χ0) is 10.8. The topological polar surface area (TPSA) is 24.1 Å². The molecule has 1 saturated heterocycles. The Labute approximate surface area is 103 Å². The van der Waals surface area contributed by atoms with Crippen molar-refractivity contribution in [3.63, 3.8) is 0 Å². The molecule has 2 aliphatic carbocycles. The maximum absolute atomic E-state index is 3.84. The molecule has 3 fully saturated rings. The second kappa shape index (κ2) is 5.28. The lowest BCUT2D eigenvalue weighted by Gasteiger charge is -2.25. The van der Waals surface area contributed by atoms with Crippen LogP contribution in [0.25, 0.3) is 0 Å². The number of hydrogen-bond donors (Lipinski definition) is 2. The highest BCUT2D eigenvalue weighted by Gasteiger charge is 2.40. The maximum Gasteiger partial charge on any atom is 0.0170 e. The van der Waals surface area contributed by atoms with Gasteiger partial charge in [0, 0.05) is 30.1 Å². The van der Waals surface area contributed by atoms with E-state index in [1.807, 2.05) is 0 Å². The average molecular weight is 240 g/mol. The van der Waals surface area contributed by atoms with E-state index in [-0.39, 0.29) is 0 Å². The van der Waals surface area contributed by atoms with Gasteiger partial charge in [0.05, 0.1) is 0 Å². The SMILES string of the molecule is C1CSCC(CCNC(C2CC2)C2CC2)N1. The smallest absolute Gasteiger partial charge is 0.0170 e. The molecule has 3 rings (SSSR count). The second-order valence-corrected chi connectivity index (χ2v) is 6.82. The summed E-state index contributed by atoms with van der Waals surface area (Å²) in [5.41, 5.74) is 0. The minimum Gasteiger partial charge on any atom is -0.313 e. The molecule has 2 saturated carbocycles. The summed E-state index contributed by atoms with van der Waals surface area (Å²) in [5.74, 6) is 4.71. The second-order valence-electron chi connectivity index (χ2n) is 5.67. The number of rotatable bonds is 6. The highest BCUT2D eigenvalue weighted by atomic mass is 32.2.